The monoisotopic (exact) mass is 202 g/mol. The fourth-order valence-corrected chi connectivity index (χ4v) is 2.04. The summed E-state index contributed by atoms with van der Waals surface area (Å²) < 4.78 is 0. The summed E-state index contributed by atoms with van der Waals surface area (Å²) in [5.41, 5.74) is 3.68. The van der Waals surface area contributed by atoms with Crippen molar-refractivity contribution in [3.63, 3.8) is 0 Å². The fraction of sp³-hybridized carbons (Fsp3) is 0.500. The fourth-order valence-electron chi connectivity index (χ4n) is 2.04. The van der Waals surface area contributed by atoms with Gasteiger partial charge in [-0.2, -0.15) is 0 Å². The molecule has 1 aliphatic rings. The van der Waals surface area contributed by atoms with Crippen molar-refractivity contribution in [1.82, 2.24) is 0 Å². The Hall–Kier alpha value is -1.11. The SMILES string of the molecule is Cc1cc(C)cc(CC(=O)C2(C)CC2)c1. The quantitative estimate of drug-likeness (QED) is 0.735. The van der Waals surface area contributed by atoms with Gasteiger partial charge in [0.2, 0.25) is 0 Å². The lowest BCUT2D eigenvalue weighted by atomic mass is 9.95. The number of hydrogen-bond acceptors (Lipinski definition) is 1. The average Bonchev–Trinajstić information content (AvgIpc) is 2.83. The van der Waals surface area contributed by atoms with Gasteiger partial charge in [-0.25, -0.2) is 0 Å². The second kappa shape index (κ2) is 3.48. The van der Waals surface area contributed by atoms with Crippen molar-refractivity contribution in [3.8, 4) is 0 Å². The average molecular weight is 202 g/mol. The van der Waals surface area contributed by atoms with E-state index in [0.29, 0.717) is 12.2 Å². The molecule has 0 heterocycles. The molecule has 2 rings (SSSR count). The van der Waals surface area contributed by atoms with Gasteiger partial charge in [0.1, 0.15) is 5.78 Å². The summed E-state index contributed by atoms with van der Waals surface area (Å²) in [5.74, 6) is 0.410. The van der Waals surface area contributed by atoms with Crippen LogP contribution in [-0.2, 0) is 11.2 Å². The first-order valence-corrected chi connectivity index (χ1v) is 5.60. The Labute approximate surface area is 91.5 Å². The lowest BCUT2D eigenvalue weighted by molar-refractivity contribution is -0.122. The molecule has 0 N–H and O–H groups in total. The molecule has 1 aromatic rings. The second-order valence-electron chi connectivity index (χ2n) is 5.16. The van der Waals surface area contributed by atoms with Crippen LogP contribution in [-0.4, -0.2) is 5.78 Å². The van der Waals surface area contributed by atoms with Gasteiger partial charge in [-0.3, -0.25) is 4.79 Å². The van der Waals surface area contributed by atoms with Gasteiger partial charge in [-0.1, -0.05) is 36.2 Å². The maximum atomic E-state index is 11.9. The van der Waals surface area contributed by atoms with E-state index in [9.17, 15) is 4.79 Å². The van der Waals surface area contributed by atoms with Gasteiger partial charge in [-0.15, -0.1) is 0 Å². The van der Waals surface area contributed by atoms with Gasteiger partial charge < -0.3 is 0 Å². The van der Waals surface area contributed by atoms with Crippen LogP contribution in [0.25, 0.3) is 0 Å². The lowest BCUT2D eigenvalue weighted by Crippen LogP contribution is -2.14. The molecular weight excluding hydrogens is 184 g/mol. The number of hydrogen-bond donors (Lipinski definition) is 0. The van der Waals surface area contributed by atoms with Crippen LogP contribution in [0.5, 0.6) is 0 Å². The molecule has 1 heteroatoms. The van der Waals surface area contributed by atoms with Crippen LogP contribution < -0.4 is 0 Å². The number of rotatable bonds is 3. The van der Waals surface area contributed by atoms with E-state index >= 15 is 0 Å². The summed E-state index contributed by atoms with van der Waals surface area (Å²) in [7, 11) is 0. The predicted molar refractivity (Wildman–Crippen MR) is 62.0 cm³/mol. The van der Waals surface area contributed by atoms with Crippen LogP contribution in [0.15, 0.2) is 18.2 Å². The van der Waals surface area contributed by atoms with Crippen molar-refractivity contribution in [3.05, 3.63) is 34.9 Å². The Morgan fingerprint density at radius 2 is 1.73 bits per heavy atom. The summed E-state index contributed by atoms with van der Waals surface area (Å²) in [6.45, 7) is 6.25. The molecule has 15 heavy (non-hydrogen) atoms. The highest BCUT2D eigenvalue weighted by atomic mass is 16.1. The predicted octanol–water partition coefficient (Wildman–Crippen LogP) is 3.22. The van der Waals surface area contributed by atoms with E-state index in [1.54, 1.807) is 0 Å². The number of benzene rings is 1. The molecule has 1 fully saturated rings. The molecule has 0 spiro atoms. The minimum atomic E-state index is 0.0116. The van der Waals surface area contributed by atoms with E-state index in [0.717, 1.165) is 12.8 Å². The van der Waals surface area contributed by atoms with E-state index in [1.165, 1.54) is 16.7 Å². The van der Waals surface area contributed by atoms with Gasteiger partial charge >= 0.3 is 0 Å². The standard InChI is InChI=1S/C14H18O/c1-10-6-11(2)8-12(7-10)9-13(15)14(3)4-5-14/h6-8H,4-5,9H2,1-3H3. The number of carbonyl (C=O) groups excluding carboxylic acids is 1. The summed E-state index contributed by atoms with van der Waals surface area (Å²) in [6, 6.07) is 6.39. The third kappa shape index (κ3) is 2.28. The molecule has 1 nitrogen and oxygen atoms in total. The minimum Gasteiger partial charge on any atom is -0.299 e. The number of carbonyl (C=O) groups is 1. The molecule has 1 aliphatic carbocycles. The van der Waals surface area contributed by atoms with Crippen molar-refractivity contribution in [2.75, 3.05) is 0 Å². The zero-order chi connectivity index (χ0) is 11.1. The smallest absolute Gasteiger partial charge is 0.143 e. The van der Waals surface area contributed by atoms with E-state index in [1.807, 2.05) is 0 Å². The number of Topliss-reactive ketones (excluding diaryl/α,β-unsaturated/α-hetero) is 1. The van der Waals surface area contributed by atoms with Gasteiger partial charge in [0, 0.05) is 11.8 Å². The molecule has 1 saturated carbocycles. The van der Waals surface area contributed by atoms with Crippen molar-refractivity contribution >= 4 is 5.78 Å². The largest absolute Gasteiger partial charge is 0.299 e. The molecule has 1 aromatic carbocycles. The summed E-state index contributed by atoms with van der Waals surface area (Å²) in [4.78, 5) is 11.9. The summed E-state index contributed by atoms with van der Waals surface area (Å²) in [6.07, 6.45) is 2.77. The molecule has 0 amide bonds. The van der Waals surface area contributed by atoms with Gasteiger partial charge in [-0.05, 0) is 32.3 Å². The van der Waals surface area contributed by atoms with E-state index in [-0.39, 0.29) is 5.41 Å². The molecule has 0 atom stereocenters. The number of aryl methyl sites for hydroxylation is 2. The third-order valence-corrected chi connectivity index (χ3v) is 3.32. The molecular formula is C14H18O. The summed E-state index contributed by atoms with van der Waals surface area (Å²) >= 11 is 0. The van der Waals surface area contributed by atoms with Crippen molar-refractivity contribution < 1.29 is 4.79 Å². The van der Waals surface area contributed by atoms with Crippen LogP contribution in [0.1, 0.15) is 36.5 Å². The highest BCUT2D eigenvalue weighted by Gasteiger charge is 2.43. The molecule has 0 bridgehead atoms. The van der Waals surface area contributed by atoms with Gasteiger partial charge in [0.15, 0.2) is 0 Å². The molecule has 0 aromatic heterocycles. The summed E-state index contributed by atoms with van der Waals surface area (Å²) in [5, 5.41) is 0. The zero-order valence-corrected chi connectivity index (χ0v) is 9.76. The molecule has 80 valence electrons. The van der Waals surface area contributed by atoms with E-state index < -0.39 is 0 Å². The van der Waals surface area contributed by atoms with Crippen LogP contribution in [0, 0.1) is 19.3 Å². The molecule has 0 saturated heterocycles. The van der Waals surface area contributed by atoms with Crippen LogP contribution in [0.2, 0.25) is 0 Å². The third-order valence-electron chi connectivity index (χ3n) is 3.32. The lowest BCUT2D eigenvalue weighted by Gasteiger charge is -2.08. The first kappa shape index (κ1) is 10.4. The normalized spacial score (nSPS) is 17.5. The Balaban J connectivity index is 2.13. The maximum absolute atomic E-state index is 11.9. The van der Waals surface area contributed by atoms with Crippen molar-refractivity contribution in [2.45, 2.75) is 40.0 Å². The van der Waals surface area contributed by atoms with Gasteiger partial charge in [0.05, 0.1) is 0 Å². The number of ketones is 1. The van der Waals surface area contributed by atoms with E-state index in [2.05, 4.69) is 39.0 Å². The Kier molecular flexibility index (Phi) is 2.41. The second-order valence-corrected chi connectivity index (χ2v) is 5.16. The Morgan fingerprint density at radius 3 is 2.20 bits per heavy atom. The van der Waals surface area contributed by atoms with Crippen molar-refractivity contribution in [2.24, 2.45) is 5.41 Å². The molecule has 0 unspecified atom stereocenters. The van der Waals surface area contributed by atoms with Crippen molar-refractivity contribution in [1.29, 1.82) is 0 Å². The van der Waals surface area contributed by atoms with E-state index in [4.69, 9.17) is 0 Å². The zero-order valence-electron chi connectivity index (χ0n) is 9.76. The first-order valence-electron chi connectivity index (χ1n) is 5.60. The highest BCUT2D eigenvalue weighted by molar-refractivity contribution is 5.88. The Bertz CT molecular complexity index is 380. The maximum Gasteiger partial charge on any atom is 0.143 e. The van der Waals surface area contributed by atoms with Crippen LogP contribution in [0.4, 0.5) is 0 Å². The molecule has 0 radical (unpaired) electrons. The van der Waals surface area contributed by atoms with Gasteiger partial charge in [0.25, 0.3) is 0 Å². The highest BCUT2D eigenvalue weighted by Crippen LogP contribution is 2.46. The minimum absolute atomic E-state index is 0.0116. The van der Waals surface area contributed by atoms with Crippen LogP contribution >= 0.6 is 0 Å². The Morgan fingerprint density at radius 1 is 1.20 bits per heavy atom. The molecule has 0 aliphatic heterocycles. The van der Waals surface area contributed by atoms with Crippen LogP contribution in [0.3, 0.4) is 0 Å². The topological polar surface area (TPSA) is 17.1 Å². The first-order chi connectivity index (χ1) is 6.99.